The summed E-state index contributed by atoms with van der Waals surface area (Å²) in [5.41, 5.74) is 2.42. The van der Waals surface area contributed by atoms with Crippen LogP contribution < -0.4 is 15.4 Å². The van der Waals surface area contributed by atoms with Gasteiger partial charge in [-0.3, -0.25) is 4.99 Å². The average Bonchev–Trinajstić information content (AvgIpc) is 3.21. The molecular formula is C22H37IN6O2. The molecule has 174 valence electrons. The number of rotatable bonds is 13. The summed E-state index contributed by atoms with van der Waals surface area (Å²) in [5.74, 6) is 2.72. The van der Waals surface area contributed by atoms with E-state index in [0.29, 0.717) is 0 Å². The van der Waals surface area contributed by atoms with Gasteiger partial charge in [0.05, 0.1) is 7.11 Å². The molecule has 0 saturated carbocycles. The minimum atomic E-state index is 0. The van der Waals surface area contributed by atoms with Crippen molar-refractivity contribution in [1.29, 1.82) is 0 Å². The van der Waals surface area contributed by atoms with Crippen molar-refractivity contribution in [2.24, 2.45) is 4.99 Å². The number of aromatic nitrogens is 3. The number of halogens is 1. The molecule has 0 atom stereocenters. The fourth-order valence-corrected chi connectivity index (χ4v) is 3.13. The first-order valence-corrected chi connectivity index (χ1v) is 10.8. The van der Waals surface area contributed by atoms with Gasteiger partial charge < -0.3 is 24.7 Å². The molecule has 8 nitrogen and oxygen atoms in total. The van der Waals surface area contributed by atoms with Crippen LogP contribution in [-0.2, 0) is 24.1 Å². The van der Waals surface area contributed by atoms with Crippen LogP contribution in [0.1, 0.15) is 37.2 Å². The second kappa shape index (κ2) is 15.9. The molecule has 0 aliphatic carbocycles. The Bertz CT molecular complexity index is 781. The summed E-state index contributed by atoms with van der Waals surface area (Å²) in [6.07, 6.45) is 4.40. The van der Waals surface area contributed by atoms with Gasteiger partial charge in [0.2, 0.25) is 0 Å². The highest BCUT2D eigenvalue weighted by Gasteiger charge is 2.06. The van der Waals surface area contributed by atoms with Crippen molar-refractivity contribution < 1.29 is 9.47 Å². The third-order valence-electron chi connectivity index (χ3n) is 4.70. The van der Waals surface area contributed by atoms with Gasteiger partial charge in [0, 0.05) is 45.8 Å². The number of aryl methyl sites for hydroxylation is 2. The normalized spacial score (nSPS) is 11.2. The molecule has 2 aromatic rings. The van der Waals surface area contributed by atoms with Gasteiger partial charge >= 0.3 is 0 Å². The van der Waals surface area contributed by atoms with Crippen molar-refractivity contribution in [1.82, 2.24) is 25.4 Å². The lowest BCUT2D eigenvalue weighted by Crippen LogP contribution is -2.40. The Kier molecular flexibility index (Phi) is 13.9. The summed E-state index contributed by atoms with van der Waals surface area (Å²) < 4.78 is 13.0. The first-order chi connectivity index (χ1) is 14.7. The van der Waals surface area contributed by atoms with E-state index in [2.05, 4.69) is 51.4 Å². The molecule has 1 aromatic heterocycles. The second-order valence-corrected chi connectivity index (χ2v) is 6.99. The van der Waals surface area contributed by atoms with Crippen LogP contribution in [0.5, 0.6) is 5.75 Å². The summed E-state index contributed by atoms with van der Waals surface area (Å²) in [7, 11) is 1.71. The van der Waals surface area contributed by atoms with Crippen LogP contribution in [0.4, 0.5) is 0 Å². The Morgan fingerprint density at radius 2 is 2.00 bits per heavy atom. The second-order valence-electron chi connectivity index (χ2n) is 6.99. The third-order valence-corrected chi connectivity index (χ3v) is 4.70. The van der Waals surface area contributed by atoms with E-state index in [1.165, 1.54) is 11.1 Å². The lowest BCUT2D eigenvalue weighted by molar-refractivity contribution is 0.146. The maximum absolute atomic E-state index is 5.49. The van der Waals surface area contributed by atoms with E-state index in [0.717, 1.165) is 76.2 Å². The fraction of sp³-hybridized carbons (Fsp3) is 0.591. The van der Waals surface area contributed by atoms with Gasteiger partial charge in [-0.05, 0) is 38.3 Å². The quantitative estimate of drug-likeness (QED) is 0.175. The molecule has 2 N–H and O–H groups in total. The van der Waals surface area contributed by atoms with Crippen LogP contribution in [0.2, 0.25) is 0 Å². The molecule has 2 rings (SSSR count). The zero-order valence-electron chi connectivity index (χ0n) is 19.2. The molecule has 0 amide bonds. The van der Waals surface area contributed by atoms with Crippen molar-refractivity contribution >= 4 is 29.9 Å². The van der Waals surface area contributed by atoms with Crippen LogP contribution in [0, 0.1) is 6.92 Å². The number of hydrogen-bond donors (Lipinski definition) is 2. The first-order valence-electron chi connectivity index (χ1n) is 10.8. The number of benzene rings is 1. The summed E-state index contributed by atoms with van der Waals surface area (Å²) in [6.45, 7) is 10.7. The molecule has 0 spiro atoms. The summed E-state index contributed by atoms with van der Waals surface area (Å²) in [4.78, 5) is 4.69. The lowest BCUT2D eigenvalue weighted by Gasteiger charge is -2.15. The van der Waals surface area contributed by atoms with E-state index in [4.69, 9.17) is 14.5 Å². The topological polar surface area (TPSA) is 85.6 Å². The Hall–Kier alpha value is -1.88. The Morgan fingerprint density at radius 1 is 1.19 bits per heavy atom. The molecule has 0 aliphatic rings. The predicted octanol–water partition coefficient (Wildman–Crippen LogP) is 2.98. The van der Waals surface area contributed by atoms with E-state index in [9.17, 15) is 0 Å². The number of nitrogens with one attached hydrogen (secondary N) is 2. The largest absolute Gasteiger partial charge is 0.496 e. The van der Waals surface area contributed by atoms with E-state index in [1.54, 1.807) is 13.4 Å². The summed E-state index contributed by atoms with van der Waals surface area (Å²) in [5, 5.41) is 15.0. The maximum Gasteiger partial charge on any atom is 0.191 e. The lowest BCUT2D eigenvalue weighted by atomic mass is 10.1. The molecule has 1 aromatic carbocycles. The van der Waals surface area contributed by atoms with E-state index < -0.39 is 0 Å². The van der Waals surface area contributed by atoms with Crippen LogP contribution in [0.25, 0.3) is 0 Å². The zero-order valence-corrected chi connectivity index (χ0v) is 21.5. The van der Waals surface area contributed by atoms with Crippen LogP contribution in [0.15, 0.2) is 29.5 Å². The fourth-order valence-electron chi connectivity index (χ4n) is 3.13. The van der Waals surface area contributed by atoms with Crippen molar-refractivity contribution in [3.05, 3.63) is 41.5 Å². The molecule has 9 heteroatoms. The highest BCUT2D eigenvalue weighted by molar-refractivity contribution is 14.0. The minimum Gasteiger partial charge on any atom is -0.496 e. The summed E-state index contributed by atoms with van der Waals surface area (Å²) >= 11 is 0. The van der Waals surface area contributed by atoms with E-state index in [1.807, 2.05) is 13.0 Å². The number of nitrogens with zero attached hydrogens (tertiary/aromatic N) is 4. The molecule has 0 aliphatic heterocycles. The van der Waals surface area contributed by atoms with Gasteiger partial charge in [0.15, 0.2) is 5.96 Å². The maximum atomic E-state index is 5.49. The van der Waals surface area contributed by atoms with Crippen molar-refractivity contribution in [3.8, 4) is 5.75 Å². The van der Waals surface area contributed by atoms with Gasteiger partial charge in [-0.1, -0.05) is 24.6 Å². The predicted molar refractivity (Wildman–Crippen MR) is 136 cm³/mol. The van der Waals surface area contributed by atoms with Gasteiger partial charge in [0.1, 0.15) is 17.9 Å². The smallest absolute Gasteiger partial charge is 0.191 e. The molecule has 0 radical (unpaired) electrons. The van der Waals surface area contributed by atoms with Crippen molar-refractivity contribution in [3.63, 3.8) is 0 Å². The average molecular weight is 544 g/mol. The molecule has 0 bridgehead atoms. The SMILES string of the molecule is CCOCCCN=C(NCCc1cc(C)ccc1OC)NCCn1cnnc1CC.I. The Morgan fingerprint density at radius 3 is 2.74 bits per heavy atom. The first kappa shape index (κ1) is 27.2. The molecule has 0 fully saturated rings. The zero-order chi connectivity index (χ0) is 21.6. The van der Waals surface area contributed by atoms with Crippen molar-refractivity contribution in [2.45, 2.75) is 46.6 Å². The van der Waals surface area contributed by atoms with Gasteiger partial charge in [-0.25, -0.2) is 0 Å². The van der Waals surface area contributed by atoms with E-state index >= 15 is 0 Å². The monoisotopic (exact) mass is 544 g/mol. The highest BCUT2D eigenvalue weighted by atomic mass is 127. The van der Waals surface area contributed by atoms with Gasteiger partial charge in [-0.2, -0.15) is 0 Å². The summed E-state index contributed by atoms with van der Waals surface area (Å²) in [6, 6.07) is 6.26. The Labute approximate surface area is 203 Å². The third kappa shape index (κ3) is 9.86. The van der Waals surface area contributed by atoms with Gasteiger partial charge in [-0.15, -0.1) is 34.2 Å². The molecular weight excluding hydrogens is 507 g/mol. The molecule has 0 saturated heterocycles. The number of aliphatic imine (C=N–C) groups is 1. The number of methoxy groups -OCH3 is 1. The van der Waals surface area contributed by atoms with E-state index in [-0.39, 0.29) is 24.0 Å². The number of ether oxygens (including phenoxy) is 2. The minimum absolute atomic E-state index is 0. The van der Waals surface area contributed by atoms with Gasteiger partial charge in [0.25, 0.3) is 0 Å². The highest BCUT2D eigenvalue weighted by Crippen LogP contribution is 2.19. The number of hydrogen-bond acceptors (Lipinski definition) is 5. The number of guanidine groups is 1. The van der Waals surface area contributed by atoms with Crippen molar-refractivity contribution in [2.75, 3.05) is 40.0 Å². The molecule has 31 heavy (non-hydrogen) atoms. The Balaban J connectivity index is 0.00000480. The molecule has 1 heterocycles. The van der Waals surface area contributed by atoms with Crippen LogP contribution in [-0.4, -0.2) is 60.7 Å². The van der Waals surface area contributed by atoms with Crippen LogP contribution >= 0.6 is 24.0 Å². The molecule has 0 unspecified atom stereocenters. The van der Waals surface area contributed by atoms with Crippen LogP contribution in [0.3, 0.4) is 0 Å². The standard InChI is InChI=1S/C22H36N6O2.HI/c1-5-21-27-26-17-28(21)14-13-25-22(23-11-7-15-30-6-2)24-12-10-19-16-18(3)8-9-20(19)29-4;/h8-9,16-17H,5-7,10-15H2,1-4H3,(H2,23,24,25);1H.